The van der Waals surface area contributed by atoms with Gasteiger partial charge in [0.1, 0.15) is 5.75 Å². The molecule has 4 N–H and O–H groups in total. The number of anilines is 2. The van der Waals surface area contributed by atoms with E-state index in [1.807, 2.05) is 18.2 Å². The molecule has 2 aromatic carbocycles. The van der Waals surface area contributed by atoms with E-state index >= 15 is 0 Å². The quantitative estimate of drug-likeness (QED) is 0.270. The normalized spacial score (nSPS) is 11.0. The zero-order valence-corrected chi connectivity index (χ0v) is 19.0. The van der Waals surface area contributed by atoms with E-state index in [0.717, 1.165) is 17.8 Å². The lowest BCUT2D eigenvalue weighted by Crippen LogP contribution is -2.17. The summed E-state index contributed by atoms with van der Waals surface area (Å²) < 4.78 is 38.9. The first-order valence-electron chi connectivity index (χ1n) is 10.0. The second-order valence-corrected chi connectivity index (χ2v) is 8.76. The van der Waals surface area contributed by atoms with Crippen LogP contribution < -0.4 is 14.8 Å². The van der Waals surface area contributed by atoms with Crippen LogP contribution in [0.4, 0.5) is 11.4 Å². The number of sulfonamides is 1. The number of oxazole rings is 1. The summed E-state index contributed by atoms with van der Waals surface area (Å²) in [7, 11) is -2.99. The van der Waals surface area contributed by atoms with Crippen LogP contribution in [0.25, 0.3) is 11.3 Å². The molecule has 4 rings (SSSR count). The standard InChI is InChI=1S/C23H19N5O6S/c1-33-22-20(35(31,32)28-16-8-7-15(11-24)18(29)9-16)10-17(12-25-22)27-21(30)23-26-13-19(34-23)14-5-3-2-4-6-14/h2-13,24,28-29H,1H3,(H,27,30). The summed E-state index contributed by atoms with van der Waals surface area (Å²) >= 11 is 0. The number of benzene rings is 2. The number of nitrogens with one attached hydrogen (secondary N) is 3. The highest BCUT2D eigenvalue weighted by Crippen LogP contribution is 2.29. The van der Waals surface area contributed by atoms with E-state index in [2.05, 4.69) is 20.0 Å². The maximum absolute atomic E-state index is 13.0. The van der Waals surface area contributed by atoms with Gasteiger partial charge in [-0.25, -0.2) is 18.4 Å². The fourth-order valence-corrected chi connectivity index (χ4v) is 4.28. The number of hydrogen-bond donors (Lipinski definition) is 4. The maximum atomic E-state index is 13.0. The average molecular weight is 494 g/mol. The van der Waals surface area contributed by atoms with Gasteiger partial charge in [0.2, 0.25) is 5.88 Å². The van der Waals surface area contributed by atoms with E-state index in [-0.39, 0.29) is 39.4 Å². The first kappa shape index (κ1) is 23.4. The third kappa shape index (κ3) is 5.12. The van der Waals surface area contributed by atoms with Crippen molar-refractivity contribution in [3.05, 3.63) is 78.4 Å². The smallest absolute Gasteiger partial charge is 0.311 e. The lowest BCUT2D eigenvalue weighted by molar-refractivity contribution is 0.0991. The molecule has 0 saturated heterocycles. The van der Waals surface area contributed by atoms with Crippen LogP contribution in [0, 0.1) is 5.41 Å². The number of hydrogen-bond acceptors (Lipinski definition) is 9. The number of rotatable bonds is 8. The molecule has 0 aliphatic carbocycles. The predicted molar refractivity (Wildman–Crippen MR) is 127 cm³/mol. The van der Waals surface area contributed by atoms with Gasteiger partial charge in [-0.3, -0.25) is 9.52 Å². The van der Waals surface area contributed by atoms with E-state index < -0.39 is 15.9 Å². The number of aromatic nitrogens is 2. The van der Waals surface area contributed by atoms with Crippen LogP contribution in [0.3, 0.4) is 0 Å². The van der Waals surface area contributed by atoms with Crippen molar-refractivity contribution in [1.82, 2.24) is 9.97 Å². The minimum Gasteiger partial charge on any atom is -0.507 e. The van der Waals surface area contributed by atoms with Gasteiger partial charge in [-0.15, -0.1) is 0 Å². The Morgan fingerprint density at radius 3 is 2.54 bits per heavy atom. The van der Waals surface area contributed by atoms with E-state index in [4.69, 9.17) is 14.6 Å². The van der Waals surface area contributed by atoms with E-state index in [9.17, 15) is 18.3 Å². The zero-order valence-electron chi connectivity index (χ0n) is 18.2. The molecule has 1 amide bonds. The molecular weight excluding hydrogens is 474 g/mol. The summed E-state index contributed by atoms with van der Waals surface area (Å²) in [5.74, 6) is -1.01. The number of phenolic OH excluding ortho intramolecular Hbond substituents is 1. The number of ether oxygens (including phenoxy) is 1. The van der Waals surface area contributed by atoms with Gasteiger partial charge in [0.05, 0.1) is 30.9 Å². The van der Waals surface area contributed by atoms with Crippen LogP contribution in [0.1, 0.15) is 16.2 Å². The van der Waals surface area contributed by atoms with Crippen molar-refractivity contribution in [3.63, 3.8) is 0 Å². The van der Waals surface area contributed by atoms with Crippen molar-refractivity contribution in [1.29, 1.82) is 5.41 Å². The van der Waals surface area contributed by atoms with Gasteiger partial charge in [0, 0.05) is 23.4 Å². The van der Waals surface area contributed by atoms with Crippen LogP contribution in [-0.4, -0.2) is 42.7 Å². The Labute approximate surface area is 200 Å². The van der Waals surface area contributed by atoms with Crippen molar-refractivity contribution in [2.24, 2.45) is 0 Å². The Morgan fingerprint density at radius 1 is 1.09 bits per heavy atom. The van der Waals surface area contributed by atoms with Crippen LogP contribution in [0.2, 0.25) is 0 Å². The molecule has 11 nitrogen and oxygen atoms in total. The molecule has 0 radical (unpaired) electrons. The minimum absolute atomic E-state index is 0.0534. The SMILES string of the molecule is COc1ncc(NC(=O)c2ncc(-c3ccccc3)o2)cc1S(=O)(=O)Nc1ccc(C=N)c(O)c1. The van der Waals surface area contributed by atoms with Gasteiger partial charge in [-0.2, -0.15) is 0 Å². The van der Waals surface area contributed by atoms with Gasteiger partial charge >= 0.3 is 5.91 Å². The van der Waals surface area contributed by atoms with Crippen molar-refractivity contribution in [2.45, 2.75) is 4.90 Å². The lowest BCUT2D eigenvalue weighted by atomic mass is 10.2. The number of aromatic hydroxyl groups is 1. The average Bonchev–Trinajstić information content (AvgIpc) is 3.35. The number of pyridine rings is 1. The first-order valence-corrected chi connectivity index (χ1v) is 11.5. The second-order valence-electron chi connectivity index (χ2n) is 7.10. The number of carbonyl (C=O) groups excluding carboxylic acids is 1. The summed E-state index contributed by atoms with van der Waals surface area (Å²) in [6.45, 7) is 0. The van der Waals surface area contributed by atoms with Crippen LogP contribution in [0.15, 0.2) is 76.3 Å². The Morgan fingerprint density at radius 2 is 1.86 bits per heavy atom. The third-order valence-electron chi connectivity index (χ3n) is 4.76. The Bertz CT molecular complexity index is 1500. The Hall–Kier alpha value is -4.71. The molecule has 0 unspecified atom stereocenters. The van der Waals surface area contributed by atoms with Crippen LogP contribution in [0.5, 0.6) is 11.6 Å². The number of amides is 1. The molecule has 0 aliphatic rings. The monoisotopic (exact) mass is 493 g/mol. The summed E-state index contributed by atoms with van der Waals surface area (Å²) in [5.41, 5.74) is 1.07. The molecule has 0 atom stereocenters. The van der Waals surface area contributed by atoms with E-state index in [1.54, 1.807) is 12.1 Å². The summed E-state index contributed by atoms with van der Waals surface area (Å²) in [5, 5.41) is 19.6. The Kier molecular flexibility index (Phi) is 6.46. The van der Waals surface area contributed by atoms with E-state index in [1.165, 1.54) is 37.7 Å². The number of carbonyl (C=O) groups is 1. The number of methoxy groups -OCH3 is 1. The Balaban J connectivity index is 1.58. The van der Waals surface area contributed by atoms with E-state index in [0.29, 0.717) is 5.76 Å². The molecule has 0 spiro atoms. The van der Waals surface area contributed by atoms with Crippen molar-refractivity contribution < 1.29 is 27.5 Å². The fraction of sp³-hybridized carbons (Fsp3) is 0.0435. The first-order chi connectivity index (χ1) is 16.8. The molecule has 2 aromatic heterocycles. The largest absolute Gasteiger partial charge is 0.507 e. The number of nitrogens with zero attached hydrogens (tertiary/aromatic N) is 2. The fourth-order valence-electron chi connectivity index (χ4n) is 3.09. The zero-order chi connectivity index (χ0) is 25.0. The van der Waals surface area contributed by atoms with Crippen molar-refractivity contribution in [3.8, 4) is 23.0 Å². The van der Waals surface area contributed by atoms with Crippen LogP contribution in [-0.2, 0) is 10.0 Å². The minimum atomic E-state index is -4.24. The van der Waals surface area contributed by atoms with Gasteiger partial charge < -0.3 is 25.0 Å². The van der Waals surface area contributed by atoms with Gasteiger partial charge in [-0.05, 0) is 18.2 Å². The summed E-state index contributed by atoms with van der Waals surface area (Å²) in [6.07, 6.45) is 3.57. The molecule has 0 fully saturated rings. The van der Waals surface area contributed by atoms with Crippen LogP contribution >= 0.6 is 0 Å². The van der Waals surface area contributed by atoms with Crippen molar-refractivity contribution >= 4 is 33.5 Å². The second kappa shape index (κ2) is 9.65. The molecule has 0 saturated carbocycles. The highest BCUT2D eigenvalue weighted by molar-refractivity contribution is 7.92. The van der Waals surface area contributed by atoms with Gasteiger partial charge in [0.25, 0.3) is 15.9 Å². The molecule has 0 aliphatic heterocycles. The lowest BCUT2D eigenvalue weighted by Gasteiger charge is -2.13. The molecule has 12 heteroatoms. The highest BCUT2D eigenvalue weighted by Gasteiger charge is 2.23. The number of phenols is 1. The molecule has 178 valence electrons. The maximum Gasteiger partial charge on any atom is 0.311 e. The third-order valence-corrected chi connectivity index (χ3v) is 6.13. The van der Waals surface area contributed by atoms with Gasteiger partial charge in [-0.1, -0.05) is 30.3 Å². The molecule has 2 heterocycles. The topological polar surface area (TPSA) is 167 Å². The van der Waals surface area contributed by atoms with Crippen molar-refractivity contribution in [2.75, 3.05) is 17.1 Å². The summed E-state index contributed by atoms with van der Waals surface area (Å²) in [4.78, 5) is 20.2. The van der Waals surface area contributed by atoms with Gasteiger partial charge in [0.15, 0.2) is 10.7 Å². The molecule has 4 aromatic rings. The molecular formula is C23H19N5O6S. The predicted octanol–water partition coefficient (Wildman–Crippen LogP) is 3.50. The summed E-state index contributed by atoms with van der Waals surface area (Å²) in [6, 6.07) is 14.2. The highest BCUT2D eigenvalue weighted by atomic mass is 32.2. The molecule has 35 heavy (non-hydrogen) atoms. The molecule has 0 bridgehead atoms.